The van der Waals surface area contributed by atoms with Crippen molar-refractivity contribution in [1.29, 1.82) is 0 Å². The molecule has 1 saturated heterocycles. The van der Waals surface area contributed by atoms with Crippen molar-refractivity contribution < 1.29 is 23.1 Å². The molecule has 0 aliphatic carbocycles. The number of carbonyl (C=O) groups is 1. The lowest BCUT2D eigenvalue weighted by molar-refractivity contribution is -0.192. The Hall–Kier alpha value is -3.65. The van der Waals surface area contributed by atoms with Crippen LogP contribution in [-0.4, -0.2) is 45.2 Å². The van der Waals surface area contributed by atoms with Crippen molar-refractivity contribution in [3.8, 4) is 22.5 Å². The quantitative estimate of drug-likeness (QED) is 0.348. The van der Waals surface area contributed by atoms with Crippen LogP contribution in [0.4, 0.5) is 13.2 Å². The number of aromatic nitrogens is 2. The van der Waals surface area contributed by atoms with Gasteiger partial charge in [-0.3, -0.25) is 4.90 Å². The molecule has 35 heavy (non-hydrogen) atoms. The molecule has 3 aromatic carbocycles. The molecule has 1 aromatic heterocycles. The van der Waals surface area contributed by atoms with Gasteiger partial charge < -0.3 is 10.1 Å². The number of carboxylic acid groups (broad SMARTS) is 1. The molecule has 1 fully saturated rings. The van der Waals surface area contributed by atoms with Gasteiger partial charge in [-0.25, -0.2) is 9.78 Å². The average molecular weight is 482 g/mol. The van der Waals surface area contributed by atoms with Crippen LogP contribution < -0.4 is 0 Å². The summed E-state index contributed by atoms with van der Waals surface area (Å²) < 4.78 is 31.7. The number of benzene rings is 3. The Labute approximate surface area is 201 Å². The maximum atomic E-state index is 10.6. The third-order valence-corrected chi connectivity index (χ3v) is 5.93. The lowest BCUT2D eigenvalue weighted by Crippen LogP contribution is -2.28. The zero-order chi connectivity index (χ0) is 24.8. The van der Waals surface area contributed by atoms with E-state index in [1.54, 1.807) is 0 Å². The van der Waals surface area contributed by atoms with E-state index in [9.17, 15) is 13.2 Å². The fourth-order valence-corrected chi connectivity index (χ4v) is 4.09. The summed E-state index contributed by atoms with van der Waals surface area (Å²) in [7, 11) is 0. The molecular formula is C27H26F3N3O2. The predicted molar refractivity (Wildman–Crippen MR) is 130 cm³/mol. The number of hydrogen-bond donors (Lipinski definition) is 2. The zero-order valence-corrected chi connectivity index (χ0v) is 19.1. The summed E-state index contributed by atoms with van der Waals surface area (Å²) in [6.45, 7) is 3.56. The van der Waals surface area contributed by atoms with Gasteiger partial charge in [-0.05, 0) is 54.8 Å². The number of piperidine rings is 1. The molecule has 2 heterocycles. The molecule has 1 aliphatic rings. The van der Waals surface area contributed by atoms with Gasteiger partial charge in [-0.1, -0.05) is 67.1 Å². The summed E-state index contributed by atoms with van der Waals surface area (Å²) in [6, 6.07) is 25.8. The number of rotatable bonds is 4. The summed E-state index contributed by atoms with van der Waals surface area (Å²) in [5.74, 6) is -1.84. The van der Waals surface area contributed by atoms with Crippen molar-refractivity contribution in [2.75, 3.05) is 13.1 Å². The highest BCUT2D eigenvalue weighted by Crippen LogP contribution is 2.26. The number of H-pyrrole nitrogens is 1. The summed E-state index contributed by atoms with van der Waals surface area (Å²) in [4.78, 5) is 19.6. The summed E-state index contributed by atoms with van der Waals surface area (Å²) in [5, 5.41) is 7.12. The van der Waals surface area contributed by atoms with E-state index < -0.39 is 12.1 Å². The van der Waals surface area contributed by atoms with Crippen LogP contribution in [0, 0.1) is 0 Å². The predicted octanol–water partition coefficient (Wildman–Crippen LogP) is 6.52. The Balaban J connectivity index is 0.000000364. The van der Waals surface area contributed by atoms with E-state index in [0.717, 1.165) is 29.0 Å². The van der Waals surface area contributed by atoms with Crippen LogP contribution in [0.2, 0.25) is 0 Å². The third kappa shape index (κ3) is 6.48. The normalized spacial score (nSPS) is 14.4. The van der Waals surface area contributed by atoms with Crippen LogP contribution >= 0.6 is 0 Å². The largest absolute Gasteiger partial charge is 0.490 e. The highest BCUT2D eigenvalue weighted by atomic mass is 19.4. The second-order valence-electron chi connectivity index (χ2n) is 8.52. The number of alkyl halides is 3. The first-order valence-corrected chi connectivity index (χ1v) is 11.5. The summed E-state index contributed by atoms with van der Waals surface area (Å²) in [5.41, 5.74) is 7.10. The average Bonchev–Trinajstić information content (AvgIpc) is 3.30. The van der Waals surface area contributed by atoms with E-state index in [-0.39, 0.29) is 0 Å². The summed E-state index contributed by atoms with van der Waals surface area (Å²) in [6.07, 6.45) is -1.01. The Bertz CT molecular complexity index is 1230. The van der Waals surface area contributed by atoms with E-state index in [1.807, 2.05) is 18.2 Å². The fourth-order valence-electron chi connectivity index (χ4n) is 4.09. The number of nitrogens with zero attached hydrogens (tertiary/aromatic N) is 2. The number of carboxylic acids is 1. The molecule has 182 valence electrons. The monoisotopic (exact) mass is 481 g/mol. The molecule has 1 aliphatic heterocycles. The Morgan fingerprint density at radius 2 is 1.40 bits per heavy atom. The number of aromatic amines is 1. The topological polar surface area (TPSA) is 69.2 Å². The Kier molecular flexibility index (Phi) is 7.51. The first-order valence-electron chi connectivity index (χ1n) is 11.5. The first-order chi connectivity index (χ1) is 16.8. The van der Waals surface area contributed by atoms with Gasteiger partial charge in [0, 0.05) is 12.1 Å². The molecule has 0 unspecified atom stereocenters. The second kappa shape index (κ2) is 10.7. The standard InChI is InChI=1S/C25H25N3.C2HF3O2/c1-4-16-28(17-5-1)18-19-8-10-20(11-9-19)21-12-14-22(15-13-21)25-26-23-6-2-3-7-24(23)27-25;3-2(4,5)1(6)7/h2-3,6-15H,1,4-5,16-18H2,(H,26,27);(H,6,7). The van der Waals surface area contributed by atoms with Crippen molar-refractivity contribution in [1.82, 2.24) is 14.9 Å². The lowest BCUT2D eigenvalue weighted by atomic mass is 10.0. The lowest BCUT2D eigenvalue weighted by Gasteiger charge is -2.26. The SMILES string of the molecule is O=C(O)C(F)(F)F.c1ccc2[nH]c(-c3ccc(-c4ccc(CN5CCCCC5)cc4)cc3)nc2c1. The highest BCUT2D eigenvalue weighted by molar-refractivity contribution is 5.79. The number of aliphatic carboxylic acids is 1. The minimum atomic E-state index is -5.08. The molecule has 0 spiro atoms. The number of likely N-dealkylation sites (tertiary alicyclic amines) is 1. The third-order valence-electron chi connectivity index (χ3n) is 5.93. The molecule has 0 saturated carbocycles. The first kappa shape index (κ1) is 24.5. The molecular weight excluding hydrogens is 455 g/mol. The number of halogens is 3. The molecule has 8 heteroatoms. The van der Waals surface area contributed by atoms with Gasteiger partial charge in [-0.2, -0.15) is 13.2 Å². The van der Waals surface area contributed by atoms with Crippen LogP contribution in [0.3, 0.4) is 0 Å². The van der Waals surface area contributed by atoms with Gasteiger partial charge in [0.25, 0.3) is 0 Å². The van der Waals surface area contributed by atoms with Gasteiger partial charge in [0.1, 0.15) is 5.82 Å². The molecule has 0 bridgehead atoms. The van der Waals surface area contributed by atoms with Crippen molar-refractivity contribution in [2.45, 2.75) is 32.0 Å². The van der Waals surface area contributed by atoms with Gasteiger partial charge in [-0.15, -0.1) is 0 Å². The van der Waals surface area contributed by atoms with E-state index in [1.165, 1.54) is 49.0 Å². The van der Waals surface area contributed by atoms with E-state index >= 15 is 0 Å². The van der Waals surface area contributed by atoms with Gasteiger partial charge >= 0.3 is 12.1 Å². The number of para-hydroxylation sites is 2. The van der Waals surface area contributed by atoms with Crippen LogP contribution in [0.25, 0.3) is 33.5 Å². The van der Waals surface area contributed by atoms with E-state index in [0.29, 0.717) is 0 Å². The molecule has 2 N–H and O–H groups in total. The van der Waals surface area contributed by atoms with Crippen molar-refractivity contribution >= 4 is 17.0 Å². The smallest absolute Gasteiger partial charge is 0.475 e. The van der Waals surface area contributed by atoms with Crippen molar-refractivity contribution in [3.05, 3.63) is 78.4 Å². The van der Waals surface area contributed by atoms with Gasteiger partial charge in [0.2, 0.25) is 0 Å². The van der Waals surface area contributed by atoms with Crippen LogP contribution in [0.5, 0.6) is 0 Å². The number of hydrogen-bond acceptors (Lipinski definition) is 3. The molecule has 5 nitrogen and oxygen atoms in total. The number of nitrogens with one attached hydrogen (secondary N) is 1. The number of fused-ring (bicyclic) bond motifs is 1. The Morgan fingerprint density at radius 1 is 0.857 bits per heavy atom. The molecule has 5 rings (SSSR count). The minimum Gasteiger partial charge on any atom is -0.475 e. The van der Waals surface area contributed by atoms with Crippen LogP contribution in [-0.2, 0) is 11.3 Å². The van der Waals surface area contributed by atoms with Crippen LogP contribution in [0.15, 0.2) is 72.8 Å². The van der Waals surface area contributed by atoms with E-state index in [4.69, 9.17) is 14.9 Å². The molecule has 0 radical (unpaired) electrons. The maximum Gasteiger partial charge on any atom is 0.490 e. The minimum absolute atomic E-state index is 0.921. The highest BCUT2D eigenvalue weighted by Gasteiger charge is 2.38. The fraction of sp³-hybridized carbons (Fsp3) is 0.259. The van der Waals surface area contributed by atoms with Crippen LogP contribution in [0.1, 0.15) is 24.8 Å². The van der Waals surface area contributed by atoms with Gasteiger partial charge in [0.15, 0.2) is 0 Å². The van der Waals surface area contributed by atoms with Crippen molar-refractivity contribution in [2.24, 2.45) is 0 Å². The number of imidazole rings is 1. The zero-order valence-electron chi connectivity index (χ0n) is 19.1. The second-order valence-corrected chi connectivity index (χ2v) is 8.52. The molecule has 0 atom stereocenters. The van der Waals surface area contributed by atoms with Gasteiger partial charge in [0.05, 0.1) is 11.0 Å². The van der Waals surface area contributed by atoms with E-state index in [2.05, 4.69) is 64.5 Å². The summed E-state index contributed by atoms with van der Waals surface area (Å²) >= 11 is 0. The maximum absolute atomic E-state index is 10.6. The van der Waals surface area contributed by atoms with Crippen molar-refractivity contribution in [3.63, 3.8) is 0 Å². The molecule has 4 aromatic rings. The Morgan fingerprint density at radius 3 is 1.97 bits per heavy atom. The molecule has 0 amide bonds.